The van der Waals surface area contributed by atoms with E-state index in [1.807, 2.05) is 6.92 Å². The number of aliphatic hydroxyl groups is 1. The molecule has 0 aromatic rings. The van der Waals surface area contributed by atoms with Crippen molar-refractivity contribution >= 4 is 12.6 Å². The molecule has 0 aliphatic rings. The third-order valence-corrected chi connectivity index (χ3v) is 2.20. The molecule has 1 unspecified atom stereocenters. The summed E-state index contributed by atoms with van der Waals surface area (Å²) in [7, 11) is 0. The van der Waals surface area contributed by atoms with Crippen molar-refractivity contribution in [1.82, 2.24) is 0 Å². The van der Waals surface area contributed by atoms with Crippen molar-refractivity contribution < 1.29 is 5.11 Å². The van der Waals surface area contributed by atoms with Gasteiger partial charge in [-0.3, -0.25) is 0 Å². The Hall–Kier alpha value is 0.310. The highest BCUT2D eigenvalue weighted by Crippen LogP contribution is 2.16. The lowest BCUT2D eigenvalue weighted by atomic mass is 10.0. The Kier molecular flexibility index (Phi) is 2.84. The first-order valence-electron chi connectivity index (χ1n) is 2.89. The second-order valence-electron chi connectivity index (χ2n) is 2.58. The smallest absolute Gasteiger partial charge is 0.0707 e. The second kappa shape index (κ2) is 2.74. The summed E-state index contributed by atoms with van der Waals surface area (Å²) >= 11 is 4.16. The van der Waals surface area contributed by atoms with Crippen molar-refractivity contribution in [2.45, 2.75) is 38.0 Å². The topological polar surface area (TPSA) is 20.2 Å². The molecule has 1 N–H and O–H groups in total. The van der Waals surface area contributed by atoms with Crippen molar-refractivity contribution in [2.75, 3.05) is 0 Å². The summed E-state index contributed by atoms with van der Waals surface area (Å²) in [5.74, 6) is 0. The Morgan fingerprint density at radius 3 is 2.00 bits per heavy atom. The van der Waals surface area contributed by atoms with Gasteiger partial charge in [-0.25, -0.2) is 0 Å². The summed E-state index contributed by atoms with van der Waals surface area (Å²) in [5.41, 5.74) is -0.627. The van der Waals surface area contributed by atoms with E-state index in [4.69, 9.17) is 0 Å². The zero-order valence-electron chi connectivity index (χ0n) is 5.68. The zero-order chi connectivity index (χ0) is 6.78. The minimum absolute atomic E-state index is 0.0995. The molecule has 0 saturated heterocycles. The molecule has 50 valence electrons. The fraction of sp³-hybridized carbons (Fsp3) is 1.00. The molecule has 0 bridgehead atoms. The molecule has 0 aliphatic carbocycles. The highest BCUT2D eigenvalue weighted by atomic mass is 32.1. The molecule has 0 saturated carbocycles. The Balaban J connectivity index is 3.62. The highest BCUT2D eigenvalue weighted by Gasteiger charge is 2.20. The standard InChI is InChI=1S/C6H14OS/c1-4-5(8)6(2,3)7/h5,7-8H,4H2,1-3H3. The average molecular weight is 134 g/mol. The molecule has 1 atom stereocenters. The summed E-state index contributed by atoms with van der Waals surface area (Å²) in [6.45, 7) is 5.55. The number of thiol groups is 1. The Labute approximate surface area is 56.5 Å². The summed E-state index contributed by atoms with van der Waals surface area (Å²) in [6, 6.07) is 0. The third kappa shape index (κ3) is 2.58. The van der Waals surface area contributed by atoms with Crippen LogP contribution >= 0.6 is 12.6 Å². The van der Waals surface area contributed by atoms with E-state index in [9.17, 15) is 5.11 Å². The van der Waals surface area contributed by atoms with Crippen LogP contribution in [0.4, 0.5) is 0 Å². The van der Waals surface area contributed by atoms with Gasteiger partial charge < -0.3 is 5.11 Å². The van der Waals surface area contributed by atoms with Gasteiger partial charge in [0, 0.05) is 5.25 Å². The third-order valence-electron chi connectivity index (χ3n) is 1.20. The molecule has 0 radical (unpaired) electrons. The molecule has 0 rings (SSSR count). The van der Waals surface area contributed by atoms with E-state index in [-0.39, 0.29) is 5.25 Å². The van der Waals surface area contributed by atoms with Crippen LogP contribution < -0.4 is 0 Å². The maximum Gasteiger partial charge on any atom is 0.0707 e. The molecule has 0 aromatic heterocycles. The summed E-state index contributed by atoms with van der Waals surface area (Å²) < 4.78 is 0. The second-order valence-corrected chi connectivity index (χ2v) is 3.20. The normalized spacial score (nSPS) is 16.1. The molecule has 0 amide bonds. The summed E-state index contributed by atoms with van der Waals surface area (Å²) in [4.78, 5) is 0. The van der Waals surface area contributed by atoms with Crippen molar-refractivity contribution in [3.05, 3.63) is 0 Å². The van der Waals surface area contributed by atoms with E-state index in [1.165, 1.54) is 0 Å². The van der Waals surface area contributed by atoms with Crippen molar-refractivity contribution in [1.29, 1.82) is 0 Å². The first-order valence-corrected chi connectivity index (χ1v) is 3.40. The zero-order valence-corrected chi connectivity index (χ0v) is 6.57. The minimum atomic E-state index is -0.627. The van der Waals surface area contributed by atoms with Crippen LogP contribution in [0.2, 0.25) is 0 Å². The van der Waals surface area contributed by atoms with Gasteiger partial charge in [-0.05, 0) is 20.3 Å². The quantitative estimate of drug-likeness (QED) is 0.548. The van der Waals surface area contributed by atoms with Gasteiger partial charge in [0.05, 0.1) is 5.60 Å². The molecule has 0 heterocycles. The van der Waals surface area contributed by atoms with Gasteiger partial charge in [0.15, 0.2) is 0 Å². The van der Waals surface area contributed by atoms with Crippen molar-refractivity contribution in [3.63, 3.8) is 0 Å². The van der Waals surface area contributed by atoms with Crippen LogP contribution in [0.25, 0.3) is 0 Å². The lowest BCUT2D eigenvalue weighted by Crippen LogP contribution is -2.30. The van der Waals surface area contributed by atoms with Gasteiger partial charge in [0.1, 0.15) is 0 Å². The van der Waals surface area contributed by atoms with Gasteiger partial charge in [-0.1, -0.05) is 6.92 Å². The molecule has 2 heteroatoms. The molecule has 1 nitrogen and oxygen atoms in total. The maximum absolute atomic E-state index is 9.21. The van der Waals surface area contributed by atoms with E-state index in [0.717, 1.165) is 6.42 Å². The van der Waals surface area contributed by atoms with Crippen LogP contribution in [-0.2, 0) is 0 Å². The number of hydrogen-bond donors (Lipinski definition) is 2. The first-order chi connectivity index (χ1) is 3.48. The van der Waals surface area contributed by atoms with Gasteiger partial charge in [0.2, 0.25) is 0 Å². The lowest BCUT2D eigenvalue weighted by Gasteiger charge is -2.23. The molecule has 0 aliphatic heterocycles. The largest absolute Gasteiger partial charge is 0.389 e. The average Bonchev–Trinajstić information content (AvgIpc) is 1.62. The van der Waals surface area contributed by atoms with Gasteiger partial charge >= 0.3 is 0 Å². The van der Waals surface area contributed by atoms with Gasteiger partial charge in [0.25, 0.3) is 0 Å². The van der Waals surface area contributed by atoms with Crippen LogP contribution in [0.3, 0.4) is 0 Å². The molecule has 0 aromatic carbocycles. The van der Waals surface area contributed by atoms with Crippen LogP contribution in [0.15, 0.2) is 0 Å². The fourth-order valence-corrected chi connectivity index (χ4v) is 0.500. The Morgan fingerprint density at radius 1 is 1.62 bits per heavy atom. The molecule has 0 fully saturated rings. The SMILES string of the molecule is CCC(S)C(C)(C)O. The predicted octanol–water partition coefficient (Wildman–Crippen LogP) is 1.47. The monoisotopic (exact) mass is 134 g/mol. The van der Waals surface area contributed by atoms with Crippen molar-refractivity contribution in [2.24, 2.45) is 0 Å². The number of hydrogen-bond acceptors (Lipinski definition) is 2. The lowest BCUT2D eigenvalue weighted by molar-refractivity contribution is 0.0773. The minimum Gasteiger partial charge on any atom is -0.389 e. The Morgan fingerprint density at radius 2 is 2.00 bits per heavy atom. The van der Waals surface area contributed by atoms with E-state index in [2.05, 4.69) is 12.6 Å². The van der Waals surface area contributed by atoms with E-state index >= 15 is 0 Å². The van der Waals surface area contributed by atoms with Gasteiger partial charge in [-0.2, -0.15) is 12.6 Å². The summed E-state index contributed by atoms with van der Waals surface area (Å²) in [5, 5.41) is 9.31. The molecular weight excluding hydrogens is 120 g/mol. The van der Waals surface area contributed by atoms with Gasteiger partial charge in [-0.15, -0.1) is 0 Å². The fourth-order valence-electron chi connectivity index (χ4n) is 0.500. The molecule has 8 heavy (non-hydrogen) atoms. The van der Waals surface area contributed by atoms with Crippen LogP contribution in [-0.4, -0.2) is 16.0 Å². The van der Waals surface area contributed by atoms with Crippen molar-refractivity contribution in [3.8, 4) is 0 Å². The van der Waals surface area contributed by atoms with E-state index in [0.29, 0.717) is 0 Å². The Bertz CT molecular complexity index is 65.4. The van der Waals surface area contributed by atoms with Crippen LogP contribution in [0.5, 0.6) is 0 Å². The first kappa shape index (κ1) is 8.31. The van der Waals surface area contributed by atoms with E-state index in [1.54, 1.807) is 13.8 Å². The molecular formula is C6H14OS. The molecule has 0 spiro atoms. The van der Waals surface area contributed by atoms with Crippen LogP contribution in [0, 0.1) is 0 Å². The summed E-state index contributed by atoms with van der Waals surface area (Å²) in [6.07, 6.45) is 0.909. The maximum atomic E-state index is 9.21. The van der Waals surface area contributed by atoms with Crippen LogP contribution in [0.1, 0.15) is 27.2 Å². The number of rotatable bonds is 2. The predicted molar refractivity (Wildman–Crippen MR) is 39.4 cm³/mol. The van der Waals surface area contributed by atoms with E-state index < -0.39 is 5.60 Å². The highest BCUT2D eigenvalue weighted by molar-refractivity contribution is 7.81.